The number of hydrogen-bond donors (Lipinski definition) is 8. The van der Waals surface area contributed by atoms with Crippen molar-refractivity contribution in [2.24, 2.45) is 5.73 Å². The Morgan fingerprint density at radius 1 is 0.714 bits per heavy atom. The highest BCUT2D eigenvalue weighted by atomic mass is 16.3. The van der Waals surface area contributed by atoms with Crippen LogP contribution >= 0.6 is 0 Å². The molecule has 0 aliphatic heterocycles. The van der Waals surface area contributed by atoms with Crippen LogP contribution < -0.4 is 21.7 Å². The molecule has 12 nitrogen and oxygen atoms in total. The first-order valence-corrected chi connectivity index (χ1v) is 8.67. The number of nitrogens with two attached hydrogens (primary N) is 1. The third kappa shape index (κ3) is 7.86. The van der Waals surface area contributed by atoms with Crippen molar-refractivity contribution in [1.29, 1.82) is 0 Å². The van der Waals surface area contributed by atoms with E-state index in [1.807, 2.05) is 0 Å². The SMILES string of the molecule is CC(O)C(C=O)NC(=O)C(NC(=O)C(NC(=O)C(N)C(C)O)C(C)O)C(C)O. The second-order valence-electron chi connectivity index (χ2n) is 6.63. The van der Waals surface area contributed by atoms with Crippen molar-refractivity contribution in [3.05, 3.63) is 0 Å². The minimum absolute atomic E-state index is 0.291. The van der Waals surface area contributed by atoms with Crippen LogP contribution in [0.1, 0.15) is 27.7 Å². The van der Waals surface area contributed by atoms with Gasteiger partial charge in [-0.2, -0.15) is 0 Å². The summed E-state index contributed by atoms with van der Waals surface area (Å²) in [4.78, 5) is 47.5. The summed E-state index contributed by atoms with van der Waals surface area (Å²) >= 11 is 0. The summed E-state index contributed by atoms with van der Waals surface area (Å²) in [5, 5.41) is 44.8. The zero-order chi connectivity index (χ0) is 22.2. The number of amides is 3. The Balaban J connectivity index is 5.29. The number of carbonyl (C=O) groups is 4. The van der Waals surface area contributed by atoms with Crippen LogP contribution in [0.2, 0.25) is 0 Å². The third-order valence-electron chi connectivity index (χ3n) is 3.92. The summed E-state index contributed by atoms with van der Waals surface area (Å²) in [6, 6.07) is -5.70. The van der Waals surface area contributed by atoms with Gasteiger partial charge >= 0.3 is 0 Å². The third-order valence-corrected chi connectivity index (χ3v) is 3.92. The Bertz CT molecular complexity index is 553. The number of aldehydes is 1. The maximum atomic E-state index is 12.4. The van der Waals surface area contributed by atoms with Crippen LogP contribution in [0.3, 0.4) is 0 Å². The Labute approximate surface area is 162 Å². The summed E-state index contributed by atoms with van der Waals surface area (Å²) < 4.78 is 0. The fourth-order valence-electron chi connectivity index (χ4n) is 2.04. The second kappa shape index (κ2) is 11.7. The average molecular weight is 406 g/mol. The van der Waals surface area contributed by atoms with Gasteiger partial charge in [0.15, 0.2) is 0 Å². The lowest BCUT2D eigenvalue weighted by atomic mass is 10.1. The van der Waals surface area contributed by atoms with Gasteiger partial charge in [0.25, 0.3) is 0 Å². The number of hydrogen-bond acceptors (Lipinski definition) is 9. The van der Waals surface area contributed by atoms with Gasteiger partial charge in [0.05, 0.1) is 24.4 Å². The molecule has 0 rings (SSSR count). The molecule has 9 N–H and O–H groups in total. The van der Waals surface area contributed by atoms with E-state index in [4.69, 9.17) is 5.73 Å². The molecule has 0 aromatic carbocycles. The van der Waals surface area contributed by atoms with Crippen LogP contribution in [0.5, 0.6) is 0 Å². The van der Waals surface area contributed by atoms with Crippen LogP contribution in [0, 0.1) is 0 Å². The van der Waals surface area contributed by atoms with Crippen molar-refractivity contribution >= 4 is 24.0 Å². The van der Waals surface area contributed by atoms with E-state index in [0.29, 0.717) is 6.29 Å². The smallest absolute Gasteiger partial charge is 0.245 e. The molecule has 0 fully saturated rings. The number of aliphatic hydroxyl groups excluding tert-OH is 4. The number of aliphatic hydroxyl groups is 4. The van der Waals surface area contributed by atoms with Crippen molar-refractivity contribution in [1.82, 2.24) is 16.0 Å². The molecule has 0 heterocycles. The first-order chi connectivity index (χ1) is 12.8. The molecule has 0 radical (unpaired) electrons. The molecule has 28 heavy (non-hydrogen) atoms. The first kappa shape index (κ1) is 25.9. The molecule has 0 aliphatic carbocycles. The minimum atomic E-state index is -1.54. The molecule has 8 atom stereocenters. The Hall–Kier alpha value is -2.12. The molecule has 0 saturated carbocycles. The van der Waals surface area contributed by atoms with E-state index >= 15 is 0 Å². The van der Waals surface area contributed by atoms with Crippen molar-refractivity contribution in [2.45, 2.75) is 76.3 Å². The molecule has 8 unspecified atom stereocenters. The largest absolute Gasteiger partial charge is 0.391 e. The predicted octanol–water partition coefficient (Wildman–Crippen LogP) is -4.51. The quantitative estimate of drug-likeness (QED) is 0.155. The normalized spacial score (nSPS) is 19.8. The second-order valence-corrected chi connectivity index (χ2v) is 6.63. The van der Waals surface area contributed by atoms with Gasteiger partial charge in [0.2, 0.25) is 17.7 Å². The van der Waals surface area contributed by atoms with E-state index in [1.165, 1.54) is 27.7 Å². The van der Waals surface area contributed by atoms with Gasteiger partial charge in [0.1, 0.15) is 30.5 Å². The topological polar surface area (TPSA) is 211 Å². The zero-order valence-electron chi connectivity index (χ0n) is 16.2. The number of rotatable bonds is 11. The molecular weight excluding hydrogens is 376 g/mol. The fraction of sp³-hybridized carbons (Fsp3) is 0.750. The average Bonchev–Trinajstić information content (AvgIpc) is 2.59. The van der Waals surface area contributed by atoms with E-state index in [-0.39, 0.29) is 0 Å². The van der Waals surface area contributed by atoms with Crippen molar-refractivity contribution in [3.8, 4) is 0 Å². The monoisotopic (exact) mass is 406 g/mol. The maximum absolute atomic E-state index is 12.4. The van der Waals surface area contributed by atoms with Gasteiger partial charge in [-0.1, -0.05) is 0 Å². The van der Waals surface area contributed by atoms with Crippen LogP contribution in [-0.4, -0.2) is 93.0 Å². The molecule has 0 saturated heterocycles. The molecular formula is C16H30N4O8. The Morgan fingerprint density at radius 2 is 1.11 bits per heavy atom. The lowest BCUT2D eigenvalue weighted by Crippen LogP contribution is -2.62. The maximum Gasteiger partial charge on any atom is 0.245 e. The van der Waals surface area contributed by atoms with E-state index in [0.717, 1.165) is 0 Å². The summed E-state index contributed by atoms with van der Waals surface area (Å²) in [6.45, 7) is 4.93. The molecule has 0 bridgehead atoms. The lowest BCUT2D eigenvalue weighted by molar-refractivity contribution is -0.137. The Morgan fingerprint density at radius 3 is 1.43 bits per heavy atom. The van der Waals surface area contributed by atoms with Crippen LogP contribution in [0.4, 0.5) is 0 Å². The zero-order valence-corrected chi connectivity index (χ0v) is 16.2. The van der Waals surface area contributed by atoms with Gasteiger partial charge in [-0.15, -0.1) is 0 Å². The Kier molecular flexibility index (Phi) is 10.8. The summed E-state index contributed by atoms with van der Waals surface area (Å²) in [5.74, 6) is -2.89. The van der Waals surface area contributed by atoms with Gasteiger partial charge in [-0.05, 0) is 27.7 Å². The van der Waals surface area contributed by atoms with E-state index in [2.05, 4.69) is 16.0 Å². The summed E-state index contributed by atoms with van der Waals surface area (Å²) in [7, 11) is 0. The molecule has 0 spiro atoms. The van der Waals surface area contributed by atoms with E-state index < -0.39 is 66.3 Å². The van der Waals surface area contributed by atoms with Gasteiger partial charge in [0, 0.05) is 0 Å². The van der Waals surface area contributed by atoms with Gasteiger partial charge < -0.3 is 46.9 Å². The molecule has 3 amide bonds. The van der Waals surface area contributed by atoms with Crippen LogP contribution in [0.15, 0.2) is 0 Å². The summed E-state index contributed by atoms with van der Waals surface area (Å²) in [5.41, 5.74) is 5.47. The highest BCUT2D eigenvalue weighted by Gasteiger charge is 2.34. The molecule has 0 aromatic heterocycles. The molecule has 0 aromatic rings. The minimum Gasteiger partial charge on any atom is -0.391 e. The van der Waals surface area contributed by atoms with Crippen LogP contribution in [0.25, 0.3) is 0 Å². The molecule has 12 heteroatoms. The van der Waals surface area contributed by atoms with E-state index in [1.54, 1.807) is 0 Å². The highest BCUT2D eigenvalue weighted by molar-refractivity contribution is 5.94. The standard InChI is InChI=1S/C16H30N4O8/c1-6(22)10(5-21)18-15(27)12(8(3)24)20-16(28)13(9(4)25)19-14(26)11(17)7(2)23/h5-13,22-25H,17H2,1-4H3,(H,18,27)(H,19,26)(H,20,28). The molecule has 0 aliphatic rings. The molecule has 162 valence electrons. The van der Waals surface area contributed by atoms with Crippen molar-refractivity contribution < 1.29 is 39.6 Å². The van der Waals surface area contributed by atoms with Gasteiger partial charge in [-0.25, -0.2) is 0 Å². The lowest BCUT2D eigenvalue weighted by Gasteiger charge is -2.28. The number of carbonyl (C=O) groups excluding carboxylic acids is 4. The van der Waals surface area contributed by atoms with Crippen molar-refractivity contribution in [3.63, 3.8) is 0 Å². The highest BCUT2D eigenvalue weighted by Crippen LogP contribution is 2.01. The van der Waals surface area contributed by atoms with E-state index in [9.17, 15) is 39.6 Å². The number of nitrogens with one attached hydrogen (secondary N) is 3. The first-order valence-electron chi connectivity index (χ1n) is 8.67. The van der Waals surface area contributed by atoms with Crippen molar-refractivity contribution in [2.75, 3.05) is 0 Å². The fourth-order valence-corrected chi connectivity index (χ4v) is 2.04. The van der Waals surface area contributed by atoms with Gasteiger partial charge in [-0.3, -0.25) is 14.4 Å². The predicted molar refractivity (Wildman–Crippen MR) is 96.6 cm³/mol. The summed E-state index contributed by atoms with van der Waals surface area (Å²) in [6.07, 6.45) is -4.94. The van der Waals surface area contributed by atoms with Crippen LogP contribution in [-0.2, 0) is 19.2 Å².